The smallest absolute Gasteiger partial charge is 0.339 e. The van der Waals surface area contributed by atoms with Gasteiger partial charge in [-0.15, -0.1) is 0 Å². The molecule has 1 aromatic carbocycles. The number of carbonyl (C=O) groups excluding carboxylic acids is 1. The summed E-state index contributed by atoms with van der Waals surface area (Å²) in [5.74, 6) is -1.89. The molecule has 102 valence electrons. The van der Waals surface area contributed by atoms with Crippen molar-refractivity contribution < 1.29 is 24.5 Å². The first kappa shape index (κ1) is 13.4. The number of phenols is 1. The van der Waals surface area contributed by atoms with E-state index in [0.717, 1.165) is 6.42 Å². The number of carbonyl (C=O) groups is 2. The second-order valence-corrected chi connectivity index (χ2v) is 4.54. The maximum Gasteiger partial charge on any atom is 0.339 e. The minimum atomic E-state index is -1.25. The van der Waals surface area contributed by atoms with Gasteiger partial charge in [-0.05, 0) is 38.0 Å². The minimum absolute atomic E-state index is 0.0603. The molecule has 2 unspecified atom stereocenters. The van der Waals surface area contributed by atoms with Crippen LogP contribution in [0.15, 0.2) is 18.2 Å². The maximum absolute atomic E-state index is 11.9. The molecule has 0 bridgehead atoms. The fourth-order valence-electron chi connectivity index (χ4n) is 2.00. The molecule has 0 saturated carbocycles. The topological polar surface area (TPSA) is 95.9 Å². The molecule has 0 aromatic heterocycles. The van der Waals surface area contributed by atoms with Crippen LogP contribution < -0.4 is 5.32 Å². The van der Waals surface area contributed by atoms with E-state index < -0.39 is 12.1 Å². The summed E-state index contributed by atoms with van der Waals surface area (Å²) in [6, 6.07) is 3.89. The number of hydrogen-bond acceptors (Lipinski definition) is 4. The normalized spacial score (nSPS) is 22.2. The quantitative estimate of drug-likeness (QED) is 0.721. The molecule has 1 amide bonds. The zero-order chi connectivity index (χ0) is 14.0. The molecule has 6 heteroatoms. The van der Waals surface area contributed by atoms with Gasteiger partial charge >= 0.3 is 5.97 Å². The van der Waals surface area contributed by atoms with E-state index in [0.29, 0.717) is 12.1 Å². The van der Waals surface area contributed by atoms with E-state index in [4.69, 9.17) is 9.84 Å². The monoisotopic (exact) mass is 265 g/mol. The molecule has 2 atom stereocenters. The predicted molar refractivity (Wildman–Crippen MR) is 67.3 cm³/mol. The van der Waals surface area contributed by atoms with Crippen molar-refractivity contribution in [1.82, 2.24) is 0 Å². The lowest BCUT2D eigenvalue weighted by molar-refractivity contribution is -0.126. The third-order valence-electron chi connectivity index (χ3n) is 3.02. The van der Waals surface area contributed by atoms with Gasteiger partial charge in [-0.2, -0.15) is 0 Å². The number of carboxylic acid groups (broad SMARTS) is 1. The average Bonchev–Trinajstić information content (AvgIpc) is 2.78. The van der Waals surface area contributed by atoms with E-state index >= 15 is 0 Å². The number of nitrogens with one attached hydrogen (secondary N) is 1. The van der Waals surface area contributed by atoms with Crippen LogP contribution in [0.25, 0.3) is 0 Å². The van der Waals surface area contributed by atoms with Crippen LogP contribution in [0.5, 0.6) is 5.75 Å². The second kappa shape index (κ2) is 5.27. The summed E-state index contributed by atoms with van der Waals surface area (Å²) in [5, 5.41) is 20.8. The fraction of sp³-hybridized carbons (Fsp3) is 0.385. The molecule has 1 fully saturated rings. The molecule has 1 saturated heterocycles. The van der Waals surface area contributed by atoms with Gasteiger partial charge in [0.25, 0.3) is 5.91 Å². The van der Waals surface area contributed by atoms with Gasteiger partial charge in [-0.1, -0.05) is 0 Å². The first-order valence-corrected chi connectivity index (χ1v) is 6.00. The van der Waals surface area contributed by atoms with E-state index in [9.17, 15) is 14.7 Å². The lowest BCUT2D eigenvalue weighted by Gasteiger charge is -2.12. The third kappa shape index (κ3) is 3.03. The van der Waals surface area contributed by atoms with E-state index in [-0.39, 0.29) is 23.3 Å². The number of rotatable bonds is 3. The van der Waals surface area contributed by atoms with Gasteiger partial charge in [0.2, 0.25) is 0 Å². The summed E-state index contributed by atoms with van der Waals surface area (Å²) >= 11 is 0. The summed E-state index contributed by atoms with van der Waals surface area (Å²) in [7, 11) is 0. The summed E-state index contributed by atoms with van der Waals surface area (Å²) in [6.45, 7) is 1.90. The predicted octanol–water partition coefficient (Wildman–Crippen LogP) is 1.60. The maximum atomic E-state index is 11.9. The third-order valence-corrected chi connectivity index (χ3v) is 3.02. The molecule has 6 nitrogen and oxygen atoms in total. The van der Waals surface area contributed by atoms with Gasteiger partial charge in [0.15, 0.2) is 0 Å². The van der Waals surface area contributed by atoms with E-state index in [1.165, 1.54) is 18.2 Å². The SMILES string of the molecule is CC1CCC(C(=O)Nc2ccc(O)c(C(=O)O)c2)O1. The van der Waals surface area contributed by atoms with Gasteiger partial charge in [0.1, 0.15) is 17.4 Å². The van der Waals surface area contributed by atoms with Crippen molar-refractivity contribution in [1.29, 1.82) is 0 Å². The summed E-state index contributed by atoms with van der Waals surface area (Å²) in [4.78, 5) is 22.7. The number of amides is 1. The molecule has 0 aliphatic carbocycles. The Morgan fingerprint density at radius 1 is 1.37 bits per heavy atom. The Morgan fingerprint density at radius 3 is 2.68 bits per heavy atom. The van der Waals surface area contributed by atoms with Gasteiger partial charge in [0.05, 0.1) is 6.10 Å². The number of ether oxygens (including phenoxy) is 1. The zero-order valence-corrected chi connectivity index (χ0v) is 10.4. The lowest BCUT2D eigenvalue weighted by Crippen LogP contribution is -2.27. The van der Waals surface area contributed by atoms with Crippen LogP contribution in [0.3, 0.4) is 0 Å². The van der Waals surface area contributed by atoms with Crippen molar-refractivity contribution in [3.63, 3.8) is 0 Å². The van der Waals surface area contributed by atoms with Gasteiger partial charge in [-0.25, -0.2) is 4.79 Å². The Labute approximate surface area is 110 Å². The highest BCUT2D eigenvalue weighted by molar-refractivity contribution is 5.97. The standard InChI is InChI=1S/C13H15NO5/c1-7-2-5-11(19-7)12(16)14-8-3-4-10(15)9(6-8)13(17)18/h3-4,6-7,11,15H,2,5H2,1H3,(H,14,16)(H,17,18). The highest BCUT2D eigenvalue weighted by atomic mass is 16.5. The Morgan fingerprint density at radius 2 is 2.11 bits per heavy atom. The molecule has 1 aromatic rings. The molecule has 2 rings (SSSR count). The molecule has 19 heavy (non-hydrogen) atoms. The Kier molecular flexibility index (Phi) is 3.71. The van der Waals surface area contributed by atoms with Crippen molar-refractivity contribution in [2.75, 3.05) is 5.32 Å². The van der Waals surface area contributed by atoms with Crippen molar-refractivity contribution >= 4 is 17.6 Å². The summed E-state index contributed by atoms with van der Waals surface area (Å²) in [6.07, 6.45) is 1.03. The Hall–Kier alpha value is -2.08. The largest absolute Gasteiger partial charge is 0.507 e. The second-order valence-electron chi connectivity index (χ2n) is 4.54. The summed E-state index contributed by atoms with van der Waals surface area (Å²) < 4.78 is 5.42. The average molecular weight is 265 g/mol. The molecule has 1 aliphatic heterocycles. The number of anilines is 1. The number of benzene rings is 1. The van der Waals surface area contributed by atoms with E-state index in [1.807, 2.05) is 6.92 Å². The van der Waals surface area contributed by atoms with Gasteiger partial charge < -0.3 is 20.3 Å². The van der Waals surface area contributed by atoms with E-state index in [2.05, 4.69) is 5.32 Å². The molecule has 1 aliphatic rings. The first-order chi connectivity index (χ1) is 8.97. The zero-order valence-electron chi connectivity index (χ0n) is 10.4. The first-order valence-electron chi connectivity index (χ1n) is 6.00. The number of carboxylic acids is 1. The van der Waals surface area contributed by atoms with Crippen LogP contribution in [0.2, 0.25) is 0 Å². The van der Waals surface area contributed by atoms with Crippen LogP contribution >= 0.6 is 0 Å². The Balaban J connectivity index is 2.09. The van der Waals surface area contributed by atoms with Crippen molar-refractivity contribution in [2.45, 2.75) is 32.0 Å². The van der Waals surface area contributed by atoms with Crippen LogP contribution in [0, 0.1) is 0 Å². The number of hydrogen-bond donors (Lipinski definition) is 3. The molecule has 0 spiro atoms. The fourth-order valence-corrected chi connectivity index (χ4v) is 2.00. The summed E-state index contributed by atoms with van der Waals surface area (Å²) in [5.41, 5.74) is 0.0712. The lowest BCUT2D eigenvalue weighted by atomic mass is 10.1. The highest BCUT2D eigenvalue weighted by Crippen LogP contribution is 2.24. The molecule has 0 radical (unpaired) electrons. The molecular formula is C13H15NO5. The van der Waals surface area contributed by atoms with Crippen molar-refractivity contribution in [2.24, 2.45) is 0 Å². The van der Waals surface area contributed by atoms with Crippen LogP contribution in [-0.2, 0) is 9.53 Å². The van der Waals surface area contributed by atoms with E-state index in [1.54, 1.807) is 0 Å². The van der Waals surface area contributed by atoms with Crippen LogP contribution in [0.1, 0.15) is 30.1 Å². The molecule has 1 heterocycles. The van der Waals surface area contributed by atoms with Crippen LogP contribution in [0.4, 0.5) is 5.69 Å². The van der Waals surface area contributed by atoms with Crippen LogP contribution in [-0.4, -0.2) is 34.3 Å². The van der Waals surface area contributed by atoms with Crippen molar-refractivity contribution in [3.05, 3.63) is 23.8 Å². The molecular weight excluding hydrogens is 250 g/mol. The minimum Gasteiger partial charge on any atom is -0.507 e. The van der Waals surface area contributed by atoms with Gasteiger partial charge in [-0.3, -0.25) is 4.79 Å². The molecule has 3 N–H and O–H groups in total. The Bertz CT molecular complexity index is 514. The van der Waals surface area contributed by atoms with Gasteiger partial charge in [0, 0.05) is 5.69 Å². The number of aromatic hydroxyl groups is 1. The highest BCUT2D eigenvalue weighted by Gasteiger charge is 2.28. The van der Waals surface area contributed by atoms with Crippen molar-refractivity contribution in [3.8, 4) is 5.75 Å². The number of aromatic carboxylic acids is 1.